The van der Waals surface area contributed by atoms with Crippen LogP contribution in [-0.4, -0.2) is 47.5 Å². The van der Waals surface area contributed by atoms with E-state index in [0.29, 0.717) is 18.1 Å². The quantitative estimate of drug-likeness (QED) is 0.170. The number of carbonyl (C=O) groups is 1. The smallest absolute Gasteiger partial charge is 0.509 e. The van der Waals surface area contributed by atoms with Crippen molar-refractivity contribution in [3.63, 3.8) is 0 Å². The molecule has 1 rings (SSSR count). The van der Waals surface area contributed by atoms with E-state index in [1.54, 1.807) is 0 Å². The van der Waals surface area contributed by atoms with Gasteiger partial charge >= 0.3 is 6.16 Å². The molecule has 21 heavy (non-hydrogen) atoms. The second-order valence-electron chi connectivity index (χ2n) is 4.70. The third-order valence-electron chi connectivity index (χ3n) is 2.93. The highest BCUT2D eigenvalue weighted by Gasteiger charge is 2.32. The van der Waals surface area contributed by atoms with E-state index in [9.17, 15) is 10.0 Å². The number of ether oxygens (including phenoxy) is 2. The molecule has 1 aliphatic rings. The van der Waals surface area contributed by atoms with Crippen molar-refractivity contribution in [2.24, 2.45) is 5.28 Å². The van der Waals surface area contributed by atoms with E-state index in [4.69, 9.17) is 21.2 Å². The summed E-state index contributed by atoms with van der Waals surface area (Å²) in [4.78, 5) is 16.6. The molecule has 1 saturated heterocycles. The molecule has 0 spiro atoms. The van der Waals surface area contributed by atoms with Crippen molar-refractivity contribution >= 4 is 17.8 Å². The maximum atomic E-state index is 11.8. The van der Waals surface area contributed by atoms with Crippen LogP contribution in [0.25, 0.3) is 0 Å². The van der Waals surface area contributed by atoms with Crippen LogP contribution in [0.5, 0.6) is 0 Å². The number of alkyl halides is 1. The number of nitrogens with zero attached hydrogens (tertiary/aromatic N) is 3. The van der Waals surface area contributed by atoms with Crippen LogP contribution in [0.3, 0.4) is 0 Å². The van der Waals surface area contributed by atoms with Crippen molar-refractivity contribution in [1.29, 1.82) is 0 Å². The molecule has 1 aliphatic heterocycles. The van der Waals surface area contributed by atoms with E-state index >= 15 is 0 Å². The maximum absolute atomic E-state index is 11.8. The third-order valence-corrected chi connectivity index (χ3v) is 3.02. The molecule has 0 aromatic rings. The molecular formula is C12H22ClN3O5. The molecule has 0 aliphatic carbocycles. The molecule has 1 fully saturated rings. The molecule has 1 heterocycles. The lowest BCUT2D eigenvalue weighted by atomic mass is 10.2. The van der Waals surface area contributed by atoms with Gasteiger partial charge in [0, 0.05) is 0 Å². The fraction of sp³-hybridized carbons (Fsp3) is 0.917. The zero-order valence-electron chi connectivity index (χ0n) is 12.4. The minimum absolute atomic E-state index is 0.0473. The molecule has 0 aromatic carbocycles. The Morgan fingerprint density at radius 1 is 1.62 bits per heavy atom. The molecule has 122 valence electrons. The normalized spacial score (nSPS) is 20.2. The van der Waals surface area contributed by atoms with Gasteiger partial charge in [0.15, 0.2) is 5.56 Å². The molecule has 1 unspecified atom stereocenters. The van der Waals surface area contributed by atoms with Crippen LogP contribution in [0.4, 0.5) is 4.79 Å². The lowest BCUT2D eigenvalue weighted by molar-refractivity contribution is -0.714. The Morgan fingerprint density at radius 2 is 2.38 bits per heavy atom. The zero-order chi connectivity index (χ0) is 15.7. The van der Waals surface area contributed by atoms with Gasteiger partial charge in [0.2, 0.25) is 5.28 Å². The second-order valence-corrected chi connectivity index (χ2v) is 5.32. The monoisotopic (exact) mass is 323 g/mol. The molecule has 0 radical (unpaired) electrons. The minimum atomic E-state index is -0.849. The first kappa shape index (κ1) is 17.6. The first-order valence-electron chi connectivity index (χ1n) is 7.08. The summed E-state index contributed by atoms with van der Waals surface area (Å²) in [6, 6.07) is -0.237. The van der Waals surface area contributed by atoms with Crippen LogP contribution < -0.4 is 0 Å². The van der Waals surface area contributed by atoms with E-state index < -0.39 is 11.7 Å². The van der Waals surface area contributed by atoms with Gasteiger partial charge in [-0.15, -0.1) is 5.01 Å². The first-order chi connectivity index (χ1) is 10.0. The minimum Gasteiger partial charge on any atom is -0.569 e. The molecule has 0 N–H and O–H groups in total. The molecular weight excluding hydrogens is 302 g/mol. The summed E-state index contributed by atoms with van der Waals surface area (Å²) in [6.45, 7) is 4.53. The predicted molar refractivity (Wildman–Crippen MR) is 74.4 cm³/mol. The maximum Gasteiger partial charge on any atom is 0.509 e. The van der Waals surface area contributed by atoms with Crippen LogP contribution in [0.2, 0.25) is 0 Å². The van der Waals surface area contributed by atoms with E-state index in [2.05, 4.69) is 10.0 Å². The molecule has 0 saturated carbocycles. The number of hydrogen-bond acceptors (Lipinski definition) is 6. The number of hydrazine groups is 1. The van der Waals surface area contributed by atoms with E-state index in [1.807, 2.05) is 6.92 Å². The number of carbonyl (C=O) groups excluding carboxylic acids is 1. The van der Waals surface area contributed by atoms with Gasteiger partial charge in [-0.3, -0.25) is 0 Å². The molecule has 0 aromatic heterocycles. The van der Waals surface area contributed by atoms with Crippen molar-refractivity contribution in [3.8, 4) is 0 Å². The largest absolute Gasteiger partial charge is 0.569 e. The summed E-state index contributed by atoms with van der Waals surface area (Å²) in [5, 5.41) is 16.7. The number of rotatable bonds is 8. The molecule has 0 bridgehead atoms. The topological polar surface area (TPSA) is 86.4 Å². The summed E-state index contributed by atoms with van der Waals surface area (Å²) < 4.78 is 9.57. The van der Waals surface area contributed by atoms with Crippen molar-refractivity contribution < 1.29 is 24.1 Å². The average molecular weight is 324 g/mol. The van der Waals surface area contributed by atoms with Gasteiger partial charge in [0.05, 0.1) is 11.5 Å². The Labute approximate surface area is 129 Å². The fourth-order valence-electron chi connectivity index (χ4n) is 1.89. The number of hydrogen-bond donors (Lipinski definition) is 0. The lowest BCUT2D eigenvalue weighted by Crippen LogP contribution is -2.39. The van der Waals surface area contributed by atoms with Crippen molar-refractivity contribution in [2.45, 2.75) is 51.1 Å². The fourth-order valence-corrected chi connectivity index (χ4v) is 1.96. The van der Waals surface area contributed by atoms with E-state index in [0.717, 1.165) is 25.7 Å². The van der Waals surface area contributed by atoms with Gasteiger partial charge in [-0.05, 0) is 26.2 Å². The van der Waals surface area contributed by atoms with Crippen LogP contribution in [-0.2, 0) is 14.3 Å². The Bertz CT molecular complexity index is 354. The summed E-state index contributed by atoms with van der Waals surface area (Å²) in [5.74, 6) is 0. The van der Waals surface area contributed by atoms with Crippen molar-refractivity contribution in [2.75, 3.05) is 19.8 Å². The number of halogens is 1. The molecule has 9 heteroatoms. The lowest BCUT2D eigenvalue weighted by Gasteiger charge is -2.19. The summed E-state index contributed by atoms with van der Waals surface area (Å²) in [5.41, 5.74) is -0.754. The summed E-state index contributed by atoms with van der Waals surface area (Å²) in [7, 11) is 0. The van der Waals surface area contributed by atoms with Gasteiger partial charge in [-0.2, -0.15) is 0 Å². The highest BCUT2D eigenvalue weighted by molar-refractivity contribution is 6.19. The van der Waals surface area contributed by atoms with Gasteiger partial charge in [0.25, 0.3) is 0 Å². The third kappa shape index (κ3) is 6.70. The van der Waals surface area contributed by atoms with Crippen LogP contribution >= 0.6 is 11.6 Å². The number of unbranched alkanes of at least 4 members (excludes halogenated alkanes) is 1. The van der Waals surface area contributed by atoms with Crippen molar-refractivity contribution in [1.82, 2.24) is 5.01 Å². The van der Waals surface area contributed by atoms with E-state index in [-0.39, 0.29) is 12.6 Å². The van der Waals surface area contributed by atoms with Crippen LogP contribution in [0.1, 0.15) is 39.5 Å². The second kappa shape index (κ2) is 9.49. The standard InChI is InChI=1S/C12H22ClN3O5/c1-3-4-8-20-14-16(18)15-7-5-6-11(15)9-19-12(17)21-10(2)13/h10-11H,3-9H2,1-2H3/b16-14-/t10?,11-/m0/s1. The van der Waals surface area contributed by atoms with Crippen LogP contribution in [0, 0.1) is 5.21 Å². The van der Waals surface area contributed by atoms with Gasteiger partial charge < -0.3 is 19.5 Å². The molecule has 0 amide bonds. The van der Waals surface area contributed by atoms with Crippen LogP contribution in [0.15, 0.2) is 5.28 Å². The molecule has 8 nitrogen and oxygen atoms in total. The average Bonchev–Trinajstić information content (AvgIpc) is 2.89. The summed E-state index contributed by atoms with van der Waals surface area (Å²) >= 11 is 5.51. The Kier molecular flexibility index (Phi) is 7.96. The predicted octanol–water partition coefficient (Wildman–Crippen LogP) is 2.80. The van der Waals surface area contributed by atoms with E-state index in [1.165, 1.54) is 11.9 Å². The van der Waals surface area contributed by atoms with Crippen molar-refractivity contribution in [3.05, 3.63) is 5.21 Å². The molecule has 2 atom stereocenters. The highest BCUT2D eigenvalue weighted by atomic mass is 35.5. The SMILES string of the molecule is CCCCO/N=[N+](\[O-])N1CCC[C@H]1COC(=O)OC(C)Cl. The highest BCUT2D eigenvalue weighted by Crippen LogP contribution is 2.18. The van der Waals surface area contributed by atoms with Gasteiger partial charge in [-0.1, -0.05) is 24.9 Å². The Hall–Kier alpha value is -1.44. The zero-order valence-corrected chi connectivity index (χ0v) is 13.1. The Morgan fingerprint density at radius 3 is 3.05 bits per heavy atom. The van der Waals surface area contributed by atoms with Gasteiger partial charge in [0.1, 0.15) is 19.3 Å². The van der Waals surface area contributed by atoms with Gasteiger partial charge in [-0.25, -0.2) is 4.79 Å². The Balaban J connectivity index is 2.38. The summed E-state index contributed by atoms with van der Waals surface area (Å²) in [6.07, 6.45) is 2.51. The first-order valence-corrected chi connectivity index (χ1v) is 7.52.